The van der Waals surface area contributed by atoms with Gasteiger partial charge in [0.1, 0.15) is 6.10 Å². The van der Waals surface area contributed by atoms with E-state index in [1.54, 1.807) is 6.92 Å². The number of amides is 2. The van der Waals surface area contributed by atoms with E-state index in [9.17, 15) is 24.3 Å². The molecular formula is C15H17N2NaO6S. The molecule has 8 nitrogen and oxygen atoms in total. The van der Waals surface area contributed by atoms with Crippen molar-refractivity contribution in [3.8, 4) is 0 Å². The molecule has 2 heterocycles. The number of carbonyl (C=O) groups excluding carboxylic acids is 4. The zero-order valence-electron chi connectivity index (χ0n) is 14.4. The summed E-state index contributed by atoms with van der Waals surface area (Å²) in [5, 5.41) is 15.4. The van der Waals surface area contributed by atoms with Gasteiger partial charge in [0.25, 0.3) is 0 Å². The third-order valence-electron chi connectivity index (χ3n) is 3.78. The number of hydrogen-bond donors (Lipinski definition) is 1. The minimum Gasteiger partial charge on any atom is -0.543 e. The molecule has 0 aliphatic carbocycles. The van der Waals surface area contributed by atoms with Gasteiger partial charge in [-0.3, -0.25) is 14.4 Å². The second-order valence-electron chi connectivity index (χ2n) is 5.50. The Hall–Kier alpha value is -1.29. The summed E-state index contributed by atoms with van der Waals surface area (Å²) >= 11 is 1.10. The molecule has 0 spiro atoms. The maximum atomic E-state index is 12.3. The average Bonchev–Trinajstić information content (AvgIpc) is 2.77. The van der Waals surface area contributed by atoms with Crippen molar-refractivity contribution >= 4 is 35.5 Å². The monoisotopic (exact) mass is 376 g/mol. The molecule has 1 N–H and O–H groups in total. The molecule has 130 valence electrons. The van der Waals surface area contributed by atoms with E-state index in [2.05, 4.69) is 5.32 Å². The van der Waals surface area contributed by atoms with Crippen molar-refractivity contribution in [3.05, 3.63) is 22.2 Å². The molecule has 2 rings (SSSR count). The number of rotatable bonds is 6. The van der Waals surface area contributed by atoms with E-state index in [1.165, 1.54) is 30.4 Å². The predicted octanol–water partition coefficient (Wildman–Crippen LogP) is -3.53. The number of hydrogen-bond acceptors (Lipinski definition) is 7. The zero-order chi connectivity index (χ0) is 18.0. The van der Waals surface area contributed by atoms with E-state index < -0.39 is 29.9 Å². The van der Waals surface area contributed by atoms with Crippen LogP contribution in [0, 0.1) is 5.92 Å². The van der Waals surface area contributed by atoms with Gasteiger partial charge < -0.3 is 24.9 Å². The molecule has 3 atom stereocenters. The van der Waals surface area contributed by atoms with Crippen LogP contribution < -0.4 is 40.0 Å². The van der Waals surface area contributed by atoms with Crippen molar-refractivity contribution in [1.29, 1.82) is 0 Å². The summed E-state index contributed by atoms with van der Waals surface area (Å²) in [6, 6.07) is -0.364. The largest absolute Gasteiger partial charge is 1.00 e. The van der Waals surface area contributed by atoms with Crippen molar-refractivity contribution in [1.82, 2.24) is 10.2 Å². The third kappa shape index (κ3) is 4.66. The molecular weight excluding hydrogens is 359 g/mol. The van der Waals surface area contributed by atoms with Crippen LogP contribution in [0.3, 0.4) is 0 Å². The maximum absolute atomic E-state index is 12.3. The molecule has 0 saturated carbocycles. The molecule has 0 unspecified atom stereocenters. The molecule has 0 radical (unpaired) electrons. The first-order valence-electron chi connectivity index (χ1n) is 7.27. The number of fused-ring (bicyclic) bond motifs is 1. The van der Waals surface area contributed by atoms with Crippen molar-refractivity contribution in [2.24, 2.45) is 5.92 Å². The fraction of sp³-hybridized carbons (Fsp3) is 0.467. The maximum Gasteiger partial charge on any atom is 1.00 e. The molecule has 0 aromatic carbocycles. The molecule has 2 amide bonds. The molecule has 1 fully saturated rings. The van der Waals surface area contributed by atoms with E-state index in [-0.39, 0.29) is 47.2 Å². The second-order valence-corrected chi connectivity index (χ2v) is 6.50. The van der Waals surface area contributed by atoms with Gasteiger partial charge in [0, 0.05) is 31.4 Å². The minimum absolute atomic E-state index is 0. The fourth-order valence-corrected chi connectivity index (χ4v) is 3.78. The minimum atomic E-state index is -1.43. The van der Waals surface area contributed by atoms with Gasteiger partial charge >= 0.3 is 35.5 Å². The van der Waals surface area contributed by atoms with Gasteiger partial charge in [-0.2, -0.15) is 0 Å². The summed E-state index contributed by atoms with van der Waals surface area (Å²) in [4.78, 5) is 47.2. The Labute approximate surface area is 171 Å². The number of carboxylic acid groups (broad SMARTS) is 1. The average molecular weight is 376 g/mol. The fourth-order valence-electron chi connectivity index (χ4n) is 2.91. The van der Waals surface area contributed by atoms with Crippen molar-refractivity contribution in [2.75, 3.05) is 0 Å². The number of ether oxygens (including phenoxy) is 1. The van der Waals surface area contributed by atoms with Crippen LogP contribution in [0.4, 0.5) is 0 Å². The van der Waals surface area contributed by atoms with Gasteiger partial charge in [-0.1, -0.05) is 11.8 Å². The topological polar surface area (TPSA) is 116 Å². The van der Waals surface area contributed by atoms with Gasteiger partial charge in [-0.25, -0.2) is 0 Å². The number of β-lactam (4-membered cyclic amide) rings is 1. The number of nitrogens with one attached hydrogen (secondary N) is 1. The first-order valence-corrected chi connectivity index (χ1v) is 8.15. The zero-order valence-corrected chi connectivity index (χ0v) is 17.2. The summed E-state index contributed by atoms with van der Waals surface area (Å²) in [5.74, 6) is -3.13. The SMILES string of the molecule is CC(=O)N/C=C/SC1=C(C(=O)[O-])N2C(=O)[C@@H]([C@H](C)OC(C)=O)[C@H]2C1.[Na+]. The summed E-state index contributed by atoms with van der Waals surface area (Å²) in [6.45, 7) is 4.22. The standard InChI is InChI=1S/C15H18N2O6S.Na/c1-7(23-9(3)19)12-10-6-11(24-5-4-16-8(2)18)13(15(21)22)17(10)14(12)20;/h4-5,7,10,12H,6H2,1-3H3,(H,16,18)(H,21,22);/q;+1/p-1/b5-4+;/t7-,10+,12-;/m0./s1. The predicted molar refractivity (Wildman–Crippen MR) is 82.5 cm³/mol. The van der Waals surface area contributed by atoms with Crippen molar-refractivity contribution in [2.45, 2.75) is 39.3 Å². The third-order valence-corrected chi connectivity index (χ3v) is 4.70. The van der Waals surface area contributed by atoms with E-state index >= 15 is 0 Å². The van der Waals surface area contributed by atoms with Crippen LogP contribution in [0.5, 0.6) is 0 Å². The van der Waals surface area contributed by atoms with Crippen LogP contribution >= 0.6 is 11.8 Å². The number of carboxylic acids is 1. The summed E-state index contributed by atoms with van der Waals surface area (Å²) in [6.07, 6.45) is 1.10. The first-order chi connectivity index (χ1) is 11.2. The van der Waals surface area contributed by atoms with Crippen LogP contribution in [0.2, 0.25) is 0 Å². The van der Waals surface area contributed by atoms with Crippen molar-refractivity contribution in [3.63, 3.8) is 0 Å². The number of thioether (sulfide) groups is 1. The number of aliphatic carboxylic acids is 1. The molecule has 2 aliphatic rings. The van der Waals surface area contributed by atoms with Gasteiger partial charge in [-0.15, -0.1) is 0 Å². The molecule has 0 aromatic heterocycles. The Bertz CT molecular complexity index is 662. The Balaban J connectivity index is 0.00000312. The van der Waals surface area contributed by atoms with E-state index in [1.807, 2.05) is 0 Å². The van der Waals surface area contributed by atoms with Crippen molar-refractivity contribution < 1.29 is 58.6 Å². The summed E-state index contributed by atoms with van der Waals surface area (Å²) < 4.78 is 5.05. The molecule has 1 saturated heterocycles. The van der Waals surface area contributed by atoms with Gasteiger partial charge in [-0.05, 0) is 12.3 Å². The van der Waals surface area contributed by atoms with E-state index in [0.717, 1.165) is 11.8 Å². The Morgan fingerprint density at radius 3 is 2.56 bits per heavy atom. The van der Waals surface area contributed by atoms with Crippen LogP contribution in [0.15, 0.2) is 22.2 Å². The van der Waals surface area contributed by atoms with Crippen LogP contribution in [-0.2, 0) is 23.9 Å². The smallest absolute Gasteiger partial charge is 0.543 e. The molecule has 0 bridgehead atoms. The summed E-state index contributed by atoms with van der Waals surface area (Å²) in [5.41, 5.74) is -0.159. The van der Waals surface area contributed by atoms with Gasteiger partial charge in [0.15, 0.2) is 0 Å². The Morgan fingerprint density at radius 1 is 1.40 bits per heavy atom. The number of nitrogens with zero attached hydrogens (tertiary/aromatic N) is 1. The van der Waals surface area contributed by atoms with Gasteiger partial charge in [0.05, 0.1) is 23.6 Å². The number of esters is 1. The normalized spacial score (nSPS) is 22.8. The quantitative estimate of drug-likeness (QED) is 0.290. The second kappa shape index (κ2) is 8.88. The van der Waals surface area contributed by atoms with E-state index in [0.29, 0.717) is 11.3 Å². The molecule has 25 heavy (non-hydrogen) atoms. The first kappa shape index (κ1) is 21.8. The molecule has 2 aliphatic heterocycles. The van der Waals surface area contributed by atoms with E-state index in [4.69, 9.17) is 4.74 Å². The van der Waals surface area contributed by atoms with Gasteiger partial charge in [0.2, 0.25) is 11.8 Å². The number of carbonyl (C=O) groups is 4. The Morgan fingerprint density at radius 2 is 2.04 bits per heavy atom. The molecule has 10 heteroatoms. The Kier molecular flexibility index (Phi) is 7.73. The molecule has 0 aromatic rings. The summed E-state index contributed by atoms with van der Waals surface area (Å²) in [7, 11) is 0. The van der Waals surface area contributed by atoms with Crippen LogP contribution in [-0.4, -0.2) is 40.8 Å². The van der Waals surface area contributed by atoms with Crippen LogP contribution in [0.1, 0.15) is 27.2 Å². The van der Waals surface area contributed by atoms with Crippen LogP contribution in [0.25, 0.3) is 0 Å².